The molecule has 1 aliphatic heterocycles. The first-order valence-electron chi connectivity index (χ1n) is 12.9. The standard InChI is InChI=1S/C31H28N2O5S/c1-3-21(15-30-32(2)26-17-22-9-4-6-11-24(22)19-28(26)37-30)16-31-33(13-8-14-39(34,35)36)27-18-23-10-5-7-12-25(23)20-29(27)38-31/h4-7,9-12,15-20H,3,8,13-14H2,1-2H3. The van der Waals surface area contributed by atoms with Gasteiger partial charge < -0.3 is 18.6 Å². The zero-order chi connectivity index (χ0) is 27.1. The Morgan fingerprint density at radius 1 is 0.974 bits per heavy atom. The topological polar surface area (TPSA) is 86.7 Å². The molecule has 0 saturated heterocycles. The highest BCUT2D eigenvalue weighted by atomic mass is 32.2. The second kappa shape index (κ2) is 9.87. The molecule has 8 heteroatoms. The Balaban J connectivity index is 1.39. The van der Waals surface area contributed by atoms with Crippen molar-refractivity contribution in [3.8, 4) is 5.75 Å². The highest BCUT2D eigenvalue weighted by Crippen LogP contribution is 2.42. The number of nitrogens with zero attached hydrogens (tertiary/aromatic N) is 2. The Kier molecular flexibility index (Phi) is 6.37. The van der Waals surface area contributed by atoms with E-state index >= 15 is 0 Å². The Hall–Kier alpha value is -4.14. The highest BCUT2D eigenvalue weighted by molar-refractivity contribution is 7.85. The summed E-state index contributed by atoms with van der Waals surface area (Å²) in [5, 5.41) is 4.37. The van der Waals surface area contributed by atoms with Crippen LogP contribution in [0.5, 0.6) is 5.75 Å². The van der Waals surface area contributed by atoms with Crippen molar-refractivity contribution in [2.75, 3.05) is 17.2 Å². The van der Waals surface area contributed by atoms with Gasteiger partial charge in [-0.25, -0.2) is 8.42 Å². The molecule has 1 aliphatic rings. The van der Waals surface area contributed by atoms with E-state index in [1.54, 1.807) is 0 Å². The van der Waals surface area contributed by atoms with Gasteiger partial charge >= 0.3 is 5.89 Å². The molecule has 0 aliphatic carbocycles. The van der Waals surface area contributed by atoms with Crippen LogP contribution in [0.1, 0.15) is 25.7 Å². The van der Waals surface area contributed by atoms with Gasteiger partial charge in [0.1, 0.15) is 7.05 Å². The van der Waals surface area contributed by atoms with Crippen LogP contribution in [0.25, 0.3) is 38.7 Å². The van der Waals surface area contributed by atoms with Crippen molar-refractivity contribution >= 4 is 54.5 Å². The van der Waals surface area contributed by atoms with Gasteiger partial charge in [0, 0.05) is 24.4 Å². The molecule has 0 saturated carbocycles. The average Bonchev–Trinajstić information content (AvgIpc) is 3.40. The van der Waals surface area contributed by atoms with Gasteiger partial charge in [-0.05, 0) is 58.2 Å². The van der Waals surface area contributed by atoms with E-state index in [0.29, 0.717) is 30.5 Å². The molecule has 198 valence electrons. The number of oxazole rings is 1. The van der Waals surface area contributed by atoms with Gasteiger partial charge in [0.05, 0.1) is 21.9 Å². The first kappa shape index (κ1) is 25.2. The third kappa shape index (κ3) is 5.01. The molecule has 0 atom stereocenters. The summed E-state index contributed by atoms with van der Waals surface area (Å²) in [6.45, 7) is 2.39. The molecule has 0 radical (unpaired) electrons. The van der Waals surface area contributed by atoms with Crippen molar-refractivity contribution in [3.05, 3.63) is 96.2 Å². The van der Waals surface area contributed by atoms with Gasteiger partial charge in [-0.2, -0.15) is 4.57 Å². The fourth-order valence-corrected chi connectivity index (χ4v) is 5.55. The molecule has 6 rings (SSSR count). The normalized spacial score (nSPS) is 15.0. The Labute approximate surface area is 227 Å². The maximum atomic E-state index is 11.3. The summed E-state index contributed by atoms with van der Waals surface area (Å²) in [6, 6.07) is 24.4. The molecule has 0 spiro atoms. The van der Waals surface area contributed by atoms with Gasteiger partial charge in [0.25, 0.3) is 5.52 Å². The molecule has 4 aromatic carbocycles. The van der Waals surface area contributed by atoms with E-state index in [9.17, 15) is 13.0 Å². The van der Waals surface area contributed by atoms with Crippen LogP contribution in [0.2, 0.25) is 0 Å². The van der Waals surface area contributed by atoms with E-state index in [2.05, 4.69) is 31.2 Å². The number of benzene rings is 4. The van der Waals surface area contributed by atoms with Crippen LogP contribution < -0.4 is 14.2 Å². The zero-order valence-electron chi connectivity index (χ0n) is 21.8. The quantitative estimate of drug-likeness (QED) is 0.185. The fraction of sp³-hybridized carbons (Fsp3) is 0.194. The first-order valence-corrected chi connectivity index (χ1v) is 14.5. The lowest BCUT2D eigenvalue weighted by atomic mass is 10.1. The van der Waals surface area contributed by atoms with Crippen molar-refractivity contribution in [2.45, 2.75) is 19.8 Å². The summed E-state index contributed by atoms with van der Waals surface area (Å²) in [7, 11) is -2.33. The van der Waals surface area contributed by atoms with Crippen LogP contribution in [0, 0.1) is 0 Å². The number of hydrogen-bond donors (Lipinski definition) is 0. The number of hydrogen-bond acceptors (Lipinski definition) is 6. The minimum atomic E-state index is -4.31. The number of allylic oxidation sites excluding steroid dienone is 2. The lowest BCUT2D eigenvalue weighted by Crippen LogP contribution is -2.29. The summed E-state index contributed by atoms with van der Waals surface area (Å²) < 4.78 is 48.4. The maximum Gasteiger partial charge on any atom is 0.374 e. The van der Waals surface area contributed by atoms with Gasteiger partial charge in [0.15, 0.2) is 5.75 Å². The lowest BCUT2D eigenvalue weighted by Gasteiger charge is -2.19. The van der Waals surface area contributed by atoms with Crippen LogP contribution >= 0.6 is 0 Å². The van der Waals surface area contributed by atoms with Gasteiger partial charge in [-0.1, -0.05) is 55.5 Å². The van der Waals surface area contributed by atoms with Crippen LogP contribution in [-0.4, -0.2) is 25.3 Å². The summed E-state index contributed by atoms with van der Waals surface area (Å²) in [6.07, 6.45) is 4.86. The van der Waals surface area contributed by atoms with Crippen molar-refractivity contribution < 1.29 is 26.7 Å². The molecule has 0 bridgehead atoms. The largest absolute Gasteiger partial charge is 0.748 e. The van der Waals surface area contributed by atoms with E-state index < -0.39 is 15.9 Å². The van der Waals surface area contributed by atoms with Gasteiger partial charge in [-0.15, -0.1) is 0 Å². The predicted octanol–water partition coefficient (Wildman–Crippen LogP) is 6.03. The number of aromatic nitrogens is 1. The zero-order valence-corrected chi connectivity index (χ0v) is 22.6. The molecule has 0 fully saturated rings. The number of aryl methyl sites for hydroxylation is 1. The highest BCUT2D eigenvalue weighted by Gasteiger charge is 2.27. The van der Waals surface area contributed by atoms with E-state index in [1.165, 1.54) is 0 Å². The second-order valence-electron chi connectivity index (χ2n) is 9.76. The van der Waals surface area contributed by atoms with Crippen LogP contribution in [0.15, 0.2) is 94.7 Å². The van der Waals surface area contributed by atoms with E-state index in [0.717, 1.165) is 43.9 Å². The lowest BCUT2D eigenvalue weighted by molar-refractivity contribution is -0.652. The van der Waals surface area contributed by atoms with Crippen molar-refractivity contribution in [2.24, 2.45) is 7.05 Å². The predicted molar refractivity (Wildman–Crippen MR) is 152 cm³/mol. The monoisotopic (exact) mass is 540 g/mol. The molecule has 2 heterocycles. The van der Waals surface area contributed by atoms with Gasteiger partial charge in [-0.3, -0.25) is 0 Å². The first-order chi connectivity index (χ1) is 18.8. The molecule has 0 N–H and O–H groups in total. The minimum Gasteiger partial charge on any atom is -0.748 e. The van der Waals surface area contributed by atoms with Crippen LogP contribution in [0.3, 0.4) is 0 Å². The molecule has 0 amide bonds. The number of ether oxygens (including phenoxy) is 1. The smallest absolute Gasteiger partial charge is 0.374 e. The maximum absolute atomic E-state index is 11.3. The van der Waals surface area contributed by atoms with Crippen LogP contribution in [-0.2, 0) is 17.2 Å². The third-order valence-electron chi connectivity index (χ3n) is 7.13. The van der Waals surface area contributed by atoms with Crippen molar-refractivity contribution in [1.29, 1.82) is 0 Å². The molecule has 0 unspecified atom stereocenters. The molecule has 7 nitrogen and oxygen atoms in total. The Morgan fingerprint density at radius 3 is 2.28 bits per heavy atom. The molecule has 1 aromatic heterocycles. The molecular weight excluding hydrogens is 512 g/mol. The molecular formula is C31H28N2O5S. The van der Waals surface area contributed by atoms with Gasteiger partial charge in [0.2, 0.25) is 11.5 Å². The minimum absolute atomic E-state index is 0.191. The molecule has 5 aromatic rings. The summed E-state index contributed by atoms with van der Waals surface area (Å²) in [5.41, 5.74) is 3.63. The van der Waals surface area contributed by atoms with Crippen molar-refractivity contribution in [1.82, 2.24) is 0 Å². The summed E-state index contributed by atoms with van der Waals surface area (Å²) in [4.78, 5) is 1.95. The fourth-order valence-electron chi connectivity index (χ4n) is 5.06. The second-order valence-corrected chi connectivity index (χ2v) is 11.3. The Morgan fingerprint density at radius 2 is 1.62 bits per heavy atom. The molecule has 39 heavy (non-hydrogen) atoms. The number of anilines is 1. The average molecular weight is 541 g/mol. The van der Waals surface area contributed by atoms with Crippen molar-refractivity contribution in [3.63, 3.8) is 0 Å². The summed E-state index contributed by atoms with van der Waals surface area (Å²) in [5.74, 6) is 1.56. The number of fused-ring (bicyclic) bond motifs is 4. The van der Waals surface area contributed by atoms with Crippen LogP contribution in [0.4, 0.5) is 5.69 Å². The van der Waals surface area contributed by atoms with E-state index in [4.69, 9.17) is 9.15 Å². The SMILES string of the molecule is CCC(=Cc1oc2cc3ccccc3cc2[n+]1C)C=C1Oc2cc3ccccc3cc2N1CCCS(=O)(=O)[O-]. The number of rotatable bonds is 7. The van der Waals surface area contributed by atoms with E-state index in [-0.39, 0.29) is 6.42 Å². The summed E-state index contributed by atoms with van der Waals surface area (Å²) >= 11 is 0. The Bertz CT molecular complexity index is 1900. The third-order valence-corrected chi connectivity index (χ3v) is 7.92. The van der Waals surface area contributed by atoms with E-state index in [1.807, 2.05) is 77.2 Å².